The van der Waals surface area contributed by atoms with Crippen molar-refractivity contribution in [3.05, 3.63) is 60.0 Å². The van der Waals surface area contributed by atoms with Crippen LogP contribution >= 0.6 is 11.3 Å². The lowest BCUT2D eigenvalue weighted by Crippen LogP contribution is -1.92. The minimum atomic E-state index is -0.289. The molecule has 3 aromatic rings. The van der Waals surface area contributed by atoms with E-state index in [2.05, 4.69) is 15.3 Å². The molecule has 0 atom stereocenters. The second-order valence-electron chi connectivity index (χ2n) is 3.88. The fraction of sp³-hybridized carbons (Fsp3) is 0. The molecule has 0 saturated heterocycles. The molecule has 19 heavy (non-hydrogen) atoms. The van der Waals surface area contributed by atoms with Crippen LogP contribution in [0.4, 0.5) is 15.2 Å². The van der Waals surface area contributed by atoms with Gasteiger partial charge in [0.1, 0.15) is 5.82 Å². The number of thiazole rings is 1. The SMILES string of the molecule is Fc1ccccc1Nc1nc(-c2ccncc2)cs1. The summed E-state index contributed by atoms with van der Waals surface area (Å²) in [6.45, 7) is 0. The van der Waals surface area contributed by atoms with Crippen molar-refractivity contribution in [2.45, 2.75) is 0 Å². The maximum absolute atomic E-state index is 13.5. The van der Waals surface area contributed by atoms with E-state index < -0.39 is 0 Å². The highest BCUT2D eigenvalue weighted by Crippen LogP contribution is 2.27. The number of halogens is 1. The molecule has 0 fully saturated rings. The number of hydrogen-bond acceptors (Lipinski definition) is 4. The van der Waals surface area contributed by atoms with E-state index in [0.717, 1.165) is 11.3 Å². The number of anilines is 2. The Hall–Kier alpha value is -2.27. The average molecular weight is 271 g/mol. The molecule has 0 aliphatic rings. The van der Waals surface area contributed by atoms with E-state index in [1.807, 2.05) is 17.5 Å². The fourth-order valence-corrected chi connectivity index (χ4v) is 2.40. The maximum Gasteiger partial charge on any atom is 0.187 e. The number of rotatable bonds is 3. The van der Waals surface area contributed by atoms with Crippen LogP contribution in [0.25, 0.3) is 11.3 Å². The Labute approximate surface area is 113 Å². The summed E-state index contributed by atoms with van der Waals surface area (Å²) < 4.78 is 13.5. The molecule has 3 nitrogen and oxygen atoms in total. The lowest BCUT2D eigenvalue weighted by atomic mass is 10.2. The molecule has 2 heterocycles. The normalized spacial score (nSPS) is 10.4. The molecular formula is C14H10FN3S. The molecule has 0 saturated carbocycles. The summed E-state index contributed by atoms with van der Waals surface area (Å²) in [5.41, 5.74) is 2.28. The number of hydrogen-bond donors (Lipinski definition) is 1. The molecule has 1 N–H and O–H groups in total. The van der Waals surface area contributed by atoms with Crippen LogP contribution in [0.2, 0.25) is 0 Å². The van der Waals surface area contributed by atoms with Crippen molar-refractivity contribution in [3.8, 4) is 11.3 Å². The van der Waals surface area contributed by atoms with Gasteiger partial charge in [0, 0.05) is 23.3 Å². The number of aromatic nitrogens is 2. The van der Waals surface area contributed by atoms with Crippen LogP contribution < -0.4 is 5.32 Å². The van der Waals surface area contributed by atoms with Gasteiger partial charge in [-0.05, 0) is 24.3 Å². The molecule has 3 rings (SSSR count). The standard InChI is InChI=1S/C14H10FN3S/c15-11-3-1-2-4-12(11)17-14-18-13(9-19-14)10-5-7-16-8-6-10/h1-9H,(H,17,18). The first-order valence-electron chi connectivity index (χ1n) is 5.70. The van der Waals surface area contributed by atoms with E-state index in [-0.39, 0.29) is 5.82 Å². The van der Waals surface area contributed by atoms with Gasteiger partial charge in [-0.2, -0.15) is 0 Å². The van der Waals surface area contributed by atoms with Crippen molar-refractivity contribution in [2.75, 3.05) is 5.32 Å². The predicted molar refractivity (Wildman–Crippen MR) is 75.0 cm³/mol. The number of para-hydroxylation sites is 1. The van der Waals surface area contributed by atoms with Crippen molar-refractivity contribution in [1.29, 1.82) is 0 Å². The molecule has 2 aromatic heterocycles. The van der Waals surface area contributed by atoms with Crippen LogP contribution in [0.3, 0.4) is 0 Å². The summed E-state index contributed by atoms with van der Waals surface area (Å²) in [6.07, 6.45) is 3.44. The molecule has 0 radical (unpaired) electrons. The number of nitrogens with zero attached hydrogens (tertiary/aromatic N) is 2. The first-order valence-corrected chi connectivity index (χ1v) is 6.58. The van der Waals surface area contributed by atoms with Gasteiger partial charge in [0.2, 0.25) is 0 Å². The Morgan fingerprint density at radius 3 is 2.63 bits per heavy atom. The van der Waals surface area contributed by atoms with Crippen molar-refractivity contribution in [1.82, 2.24) is 9.97 Å². The van der Waals surface area contributed by atoms with Gasteiger partial charge in [0.15, 0.2) is 5.13 Å². The molecule has 94 valence electrons. The number of nitrogens with one attached hydrogen (secondary N) is 1. The highest BCUT2D eigenvalue weighted by atomic mass is 32.1. The second-order valence-corrected chi connectivity index (χ2v) is 4.74. The summed E-state index contributed by atoms with van der Waals surface area (Å²) in [7, 11) is 0. The monoisotopic (exact) mass is 271 g/mol. The Bertz CT molecular complexity index is 682. The quantitative estimate of drug-likeness (QED) is 0.779. The Balaban J connectivity index is 1.85. The van der Waals surface area contributed by atoms with Crippen LogP contribution in [-0.2, 0) is 0 Å². The molecule has 5 heteroatoms. The summed E-state index contributed by atoms with van der Waals surface area (Å²) in [5.74, 6) is -0.289. The van der Waals surface area contributed by atoms with Crippen molar-refractivity contribution in [3.63, 3.8) is 0 Å². The van der Waals surface area contributed by atoms with Gasteiger partial charge in [0.05, 0.1) is 11.4 Å². The van der Waals surface area contributed by atoms with Crippen LogP contribution in [0.5, 0.6) is 0 Å². The molecule has 0 bridgehead atoms. The largest absolute Gasteiger partial charge is 0.329 e. The van der Waals surface area contributed by atoms with E-state index >= 15 is 0 Å². The van der Waals surface area contributed by atoms with Crippen LogP contribution in [0.15, 0.2) is 54.2 Å². The van der Waals surface area contributed by atoms with Crippen LogP contribution in [-0.4, -0.2) is 9.97 Å². The van der Waals surface area contributed by atoms with Gasteiger partial charge >= 0.3 is 0 Å². The molecule has 0 amide bonds. The van der Waals surface area contributed by atoms with Gasteiger partial charge in [-0.3, -0.25) is 4.98 Å². The zero-order valence-electron chi connectivity index (χ0n) is 9.88. The molecular weight excluding hydrogens is 261 g/mol. The van der Waals surface area contributed by atoms with Crippen molar-refractivity contribution < 1.29 is 4.39 Å². The van der Waals surface area contributed by atoms with Gasteiger partial charge in [-0.15, -0.1) is 11.3 Å². The highest BCUT2D eigenvalue weighted by molar-refractivity contribution is 7.14. The first-order chi connectivity index (χ1) is 9.33. The Morgan fingerprint density at radius 2 is 1.84 bits per heavy atom. The summed E-state index contributed by atoms with van der Waals surface area (Å²) in [6, 6.07) is 10.3. The average Bonchev–Trinajstić information content (AvgIpc) is 2.91. The van der Waals surface area contributed by atoms with E-state index in [1.165, 1.54) is 17.4 Å². The Morgan fingerprint density at radius 1 is 1.05 bits per heavy atom. The van der Waals surface area contributed by atoms with E-state index in [9.17, 15) is 4.39 Å². The molecule has 0 spiro atoms. The third kappa shape index (κ3) is 2.61. The molecule has 0 aliphatic heterocycles. The van der Waals surface area contributed by atoms with E-state index in [0.29, 0.717) is 10.8 Å². The maximum atomic E-state index is 13.5. The topological polar surface area (TPSA) is 37.8 Å². The smallest absolute Gasteiger partial charge is 0.187 e. The van der Waals surface area contributed by atoms with Crippen LogP contribution in [0, 0.1) is 5.82 Å². The number of pyridine rings is 1. The third-order valence-corrected chi connectivity index (χ3v) is 3.35. The van der Waals surface area contributed by atoms with Gasteiger partial charge in [-0.25, -0.2) is 9.37 Å². The van der Waals surface area contributed by atoms with E-state index in [4.69, 9.17) is 0 Å². The number of benzene rings is 1. The van der Waals surface area contributed by atoms with Crippen molar-refractivity contribution >= 4 is 22.2 Å². The van der Waals surface area contributed by atoms with Crippen molar-refractivity contribution in [2.24, 2.45) is 0 Å². The van der Waals surface area contributed by atoms with Gasteiger partial charge < -0.3 is 5.32 Å². The zero-order valence-corrected chi connectivity index (χ0v) is 10.7. The third-order valence-electron chi connectivity index (χ3n) is 2.60. The predicted octanol–water partition coefficient (Wildman–Crippen LogP) is 4.09. The Kier molecular flexibility index (Phi) is 3.20. The first kappa shape index (κ1) is 11.8. The molecule has 1 aromatic carbocycles. The minimum absolute atomic E-state index is 0.289. The van der Waals surface area contributed by atoms with Gasteiger partial charge in [-0.1, -0.05) is 12.1 Å². The second kappa shape index (κ2) is 5.16. The highest BCUT2D eigenvalue weighted by Gasteiger charge is 2.06. The fourth-order valence-electron chi connectivity index (χ4n) is 1.66. The summed E-state index contributed by atoms with van der Waals surface area (Å²) in [4.78, 5) is 8.40. The lowest BCUT2D eigenvalue weighted by Gasteiger charge is -2.02. The molecule has 0 aliphatic carbocycles. The van der Waals surface area contributed by atoms with E-state index in [1.54, 1.807) is 30.6 Å². The van der Waals surface area contributed by atoms with Gasteiger partial charge in [0.25, 0.3) is 0 Å². The lowest BCUT2D eigenvalue weighted by molar-refractivity contribution is 0.632. The zero-order chi connectivity index (χ0) is 13.1. The minimum Gasteiger partial charge on any atom is -0.329 e. The summed E-state index contributed by atoms with van der Waals surface area (Å²) in [5, 5.41) is 5.57. The van der Waals surface area contributed by atoms with Crippen LogP contribution in [0.1, 0.15) is 0 Å². The molecule has 0 unspecified atom stereocenters. The summed E-state index contributed by atoms with van der Waals surface area (Å²) >= 11 is 1.44.